The zero-order chi connectivity index (χ0) is 22.8. The van der Waals surface area contributed by atoms with Crippen molar-refractivity contribution in [3.05, 3.63) is 0 Å². The number of hydrogen-bond donors (Lipinski definition) is 3. The lowest BCUT2D eigenvalue weighted by Crippen LogP contribution is -2.45. The molecule has 1 aliphatic rings. The summed E-state index contributed by atoms with van der Waals surface area (Å²) in [6.07, 6.45) is 2.01. The number of nitrogens with one attached hydrogen (secondary N) is 3. The first-order valence-corrected chi connectivity index (χ1v) is 11.3. The highest BCUT2D eigenvalue weighted by Crippen LogP contribution is 2.31. The Hall–Kier alpha value is -1.63. The van der Waals surface area contributed by atoms with Crippen LogP contribution in [0.25, 0.3) is 0 Å². The molecule has 0 amide bonds. The van der Waals surface area contributed by atoms with Crippen LogP contribution in [0.3, 0.4) is 0 Å². The number of aromatic nitrogens is 3. The summed E-state index contributed by atoms with van der Waals surface area (Å²) < 4.78 is 0. The molecule has 0 radical (unpaired) electrons. The van der Waals surface area contributed by atoms with Gasteiger partial charge >= 0.3 is 0 Å². The van der Waals surface area contributed by atoms with Gasteiger partial charge in [0, 0.05) is 37.3 Å². The Bertz CT molecular complexity index is 644. The van der Waals surface area contributed by atoms with E-state index in [0.717, 1.165) is 45.0 Å². The zero-order valence-electron chi connectivity index (χ0n) is 21.0. The molecule has 1 fully saturated rings. The Morgan fingerprint density at radius 1 is 0.700 bits per heavy atom. The second kappa shape index (κ2) is 8.85. The van der Waals surface area contributed by atoms with Gasteiger partial charge in [-0.1, -0.05) is 41.5 Å². The van der Waals surface area contributed by atoms with Gasteiger partial charge in [0.2, 0.25) is 17.8 Å². The van der Waals surface area contributed by atoms with Gasteiger partial charge in [0.1, 0.15) is 0 Å². The average molecular weight is 420 g/mol. The maximum atomic E-state index is 4.80. The standard InChI is InChI=1S/C23H45N7/c1-20(2,3)15-22(7,8)28-17-25-18(29-23(9,10)16-21(4,5)6)27-19(26-17)30-13-11-24-12-14-30/h24H,11-16H2,1-10H3,(H2,25,26,27,28,29). The Kier molecular flexibility index (Phi) is 7.27. The molecule has 7 nitrogen and oxygen atoms in total. The van der Waals surface area contributed by atoms with Gasteiger partial charge in [-0.05, 0) is 51.4 Å². The lowest BCUT2D eigenvalue weighted by atomic mass is 9.82. The molecule has 2 rings (SSSR count). The van der Waals surface area contributed by atoms with Gasteiger partial charge in [0.05, 0.1) is 0 Å². The van der Waals surface area contributed by atoms with Gasteiger partial charge < -0.3 is 20.9 Å². The van der Waals surface area contributed by atoms with Crippen LogP contribution in [-0.4, -0.2) is 52.2 Å². The summed E-state index contributed by atoms with van der Waals surface area (Å²) in [7, 11) is 0. The third-order valence-corrected chi connectivity index (χ3v) is 4.87. The van der Waals surface area contributed by atoms with E-state index in [0.29, 0.717) is 11.9 Å². The molecule has 1 aromatic rings. The highest BCUT2D eigenvalue weighted by atomic mass is 15.3. The number of piperazine rings is 1. The molecule has 7 heteroatoms. The lowest BCUT2D eigenvalue weighted by molar-refractivity contribution is 0.301. The fourth-order valence-corrected chi connectivity index (χ4v) is 4.83. The first-order valence-electron chi connectivity index (χ1n) is 11.3. The molecular formula is C23H45N7. The Morgan fingerprint density at radius 2 is 1.10 bits per heavy atom. The third-order valence-electron chi connectivity index (χ3n) is 4.87. The molecule has 0 aliphatic carbocycles. The van der Waals surface area contributed by atoms with Crippen molar-refractivity contribution in [3.8, 4) is 0 Å². The molecule has 0 atom stereocenters. The van der Waals surface area contributed by atoms with Crippen LogP contribution >= 0.6 is 0 Å². The van der Waals surface area contributed by atoms with Gasteiger partial charge in [0.15, 0.2) is 0 Å². The molecule has 3 N–H and O–H groups in total. The maximum Gasteiger partial charge on any atom is 0.232 e. The van der Waals surface area contributed by atoms with Crippen molar-refractivity contribution in [1.29, 1.82) is 0 Å². The monoisotopic (exact) mass is 419 g/mol. The van der Waals surface area contributed by atoms with Gasteiger partial charge in [0.25, 0.3) is 0 Å². The van der Waals surface area contributed by atoms with Crippen molar-refractivity contribution in [1.82, 2.24) is 20.3 Å². The summed E-state index contributed by atoms with van der Waals surface area (Å²) >= 11 is 0. The van der Waals surface area contributed by atoms with E-state index in [-0.39, 0.29) is 21.9 Å². The SMILES string of the molecule is CC(C)(C)CC(C)(C)Nc1nc(NC(C)(C)CC(C)(C)C)nc(N2CCNCC2)n1. The summed E-state index contributed by atoms with van der Waals surface area (Å²) in [6.45, 7) is 26.1. The third kappa shape index (κ3) is 8.62. The Balaban J connectivity index is 2.33. The number of anilines is 3. The highest BCUT2D eigenvalue weighted by molar-refractivity contribution is 5.46. The van der Waals surface area contributed by atoms with Crippen LogP contribution in [0, 0.1) is 10.8 Å². The minimum absolute atomic E-state index is 0.126. The van der Waals surface area contributed by atoms with Crippen LogP contribution in [0.2, 0.25) is 0 Å². The Labute approximate surface area is 184 Å². The smallest absolute Gasteiger partial charge is 0.232 e. The van der Waals surface area contributed by atoms with E-state index < -0.39 is 0 Å². The van der Waals surface area contributed by atoms with Gasteiger partial charge in [-0.2, -0.15) is 15.0 Å². The number of rotatable bonds is 7. The van der Waals surface area contributed by atoms with Crippen molar-refractivity contribution in [2.45, 2.75) is 93.2 Å². The van der Waals surface area contributed by atoms with Crippen LogP contribution in [0.15, 0.2) is 0 Å². The topological polar surface area (TPSA) is 78.0 Å². The summed E-state index contributed by atoms with van der Waals surface area (Å²) in [5.74, 6) is 2.03. The summed E-state index contributed by atoms with van der Waals surface area (Å²) in [4.78, 5) is 16.6. The predicted molar refractivity (Wildman–Crippen MR) is 128 cm³/mol. The van der Waals surface area contributed by atoms with Crippen LogP contribution in [-0.2, 0) is 0 Å². The average Bonchev–Trinajstić information content (AvgIpc) is 2.49. The normalized spacial score (nSPS) is 16.5. The summed E-state index contributed by atoms with van der Waals surface area (Å²) in [5, 5.41) is 10.6. The van der Waals surface area contributed by atoms with E-state index in [4.69, 9.17) is 15.0 Å². The molecular weight excluding hydrogens is 374 g/mol. The highest BCUT2D eigenvalue weighted by Gasteiger charge is 2.29. The molecule has 0 bridgehead atoms. The van der Waals surface area contributed by atoms with E-state index in [1.165, 1.54) is 0 Å². The minimum Gasteiger partial charge on any atom is -0.349 e. The lowest BCUT2D eigenvalue weighted by Gasteiger charge is -2.35. The van der Waals surface area contributed by atoms with E-state index in [9.17, 15) is 0 Å². The predicted octanol–water partition coefficient (Wildman–Crippen LogP) is 4.53. The van der Waals surface area contributed by atoms with Crippen molar-refractivity contribution >= 4 is 17.8 Å². The van der Waals surface area contributed by atoms with E-state index in [1.807, 2.05) is 0 Å². The van der Waals surface area contributed by atoms with Gasteiger partial charge in [-0.25, -0.2) is 0 Å². The molecule has 1 saturated heterocycles. The second-order valence-corrected chi connectivity index (χ2v) is 12.5. The van der Waals surface area contributed by atoms with E-state index in [2.05, 4.69) is 90.1 Å². The first-order chi connectivity index (χ1) is 13.5. The van der Waals surface area contributed by atoms with Crippen molar-refractivity contribution < 1.29 is 0 Å². The fraction of sp³-hybridized carbons (Fsp3) is 0.870. The van der Waals surface area contributed by atoms with Crippen molar-refractivity contribution in [2.24, 2.45) is 10.8 Å². The molecule has 1 aromatic heterocycles. The Morgan fingerprint density at radius 3 is 1.47 bits per heavy atom. The van der Waals surface area contributed by atoms with Crippen molar-refractivity contribution in [3.63, 3.8) is 0 Å². The largest absolute Gasteiger partial charge is 0.349 e. The number of hydrogen-bond acceptors (Lipinski definition) is 7. The molecule has 0 spiro atoms. The van der Waals surface area contributed by atoms with Crippen LogP contribution in [0.5, 0.6) is 0 Å². The number of nitrogens with zero attached hydrogens (tertiary/aromatic N) is 4. The zero-order valence-corrected chi connectivity index (χ0v) is 21.0. The fourth-order valence-electron chi connectivity index (χ4n) is 4.83. The molecule has 1 aliphatic heterocycles. The molecule has 0 saturated carbocycles. The van der Waals surface area contributed by atoms with E-state index >= 15 is 0 Å². The molecule has 172 valence electrons. The van der Waals surface area contributed by atoms with Crippen LogP contribution < -0.4 is 20.9 Å². The first kappa shape index (κ1) is 24.6. The van der Waals surface area contributed by atoms with Gasteiger partial charge in [-0.15, -0.1) is 0 Å². The van der Waals surface area contributed by atoms with E-state index in [1.54, 1.807) is 0 Å². The molecule has 0 unspecified atom stereocenters. The van der Waals surface area contributed by atoms with Crippen molar-refractivity contribution in [2.75, 3.05) is 41.7 Å². The van der Waals surface area contributed by atoms with Crippen LogP contribution in [0.4, 0.5) is 17.8 Å². The van der Waals surface area contributed by atoms with Crippen LogP contribution in [0.1, 0.15) is 82.1 Å². The molecule has 2 heterocycles. The second-order valence-electron chi connectivity index (χ2n) is 12.5. The summed E-state index contributed by atoms with van der Waals surface area (Å²) in [5.41, 5.74) is 0.165. The summed E-state index contributed by atoms with van der Waals surface area (Å²) in [6, 6.07) is 0. The minimum atomic E-state index is -0.126. The molecule has 30 heavy (non-hydrogen) atoms. The van der Waals surface area contributed by atoms with Gasteiger partial charge in [-0.3, -0.25) is 0 Å². The maximum absolute atomic E-state index is 4.80. The molecule has 0 aromatic carbocycles. The quantitative estimate of drug-likeness (QED) is 0.599.